The van der Waals surface area contributed by atoms with E-state index in [0.29, 0.717) is 0 Å². The molecule has 210 valence electrons. The molecule has 0 saturated heterocycles. The minimum atomic E-state index is -0.0298. The predicted molar refractivity (Wildman–Crippen MR) is 180 cm³/mol. The SMILES string of the molecule is Cc1ccc2c(oc3cc(-c4ccccc4)ccc32)c1-c1cc(-c2ccc(-c3ccccc3)cc2)c(C(C)(C)C)c[n+]1C. The van der Waals surface area contributed by atoms with Crippen LogP contribution in [-0.4, -0.2) is 0 Å². The Kier molecular flexibility index (Phi) is 6.51. The highest BCUT2D eigenvalue weighted by Crippen LogP contribution is 2.41. The number of aryl methyl sites for hydroxylation is 2. The summed E-state index contributed by atoms with van der Waals surface area (Å²) in [4.78, 5) is 0. The van der Waals surface area contributed by atoms with Gasteiger partial charge in [-0.05, 0) is 63.4 Å². The van der Waals surface area contributed by atoms with E-state index < -0.39 is 0 Å². The van der Waals surface area contributed by atoms with E-state index in [2.05, 4.69) is 167 Å². The molecule has 7 rings (SSSR count). The number of hydrogen-bond donors (Lipinski definition) is 0. The minimum absolute atomic E-state index is 0.0298. The second-order valence-corrected chi connectivity index (χ2v) is 12.6. The van der Waals surface area contributed by atoms with E-state index in [1.165, 1.54) is 38.9 Å². The first kappa shape index (κ1) is 26.9. The van der Waals surface area contributed by atoms with Crippen LogP contribution in [0.15, 0.2) is 132 Å². The van der Waals surface area contributed by atoms with E-state index in [9.17, 15) is 0 Å². The zero-order valence-electron chi connectivity index (χ0n) is 25.5. The molecular weight excluding hydrogens is 522 g/mol. The third-order valence-electron chi connectivity index (χ3n) is 8.60. The topological polar surface area (TPSA) is 17.0 Å². The van der Waals surface area contributed by atoms with Crippen LogP contribution in [0, 0.1) is 6.92 Å². The van der Waals surface area contributed by atoms with Crippen LogP contribution in [-0.2, 0) is 12.5 Å². The molecular formula is C41H36NO+. The highest BCUT2D eigenvalue weighted by molar-refractivity contribution is 6.10. The Hall–Kier alpha value is -4.95. The number of pyridine rings is 1. The number of hydrogen-bond acceptors (Lipinski definition) is 1. The fourth-order valence-corrected chi connectivity index (χ4v) is 6.27. The molecule has 0 aliphatic carbocycles. The molecule has 0 N–H and O–H groups in total. The summed E-state index contributed by atoms with van der Waals surface area (Å²) in [5, 5.41) is 2.28. The van der Waals surface area contributed by atoms with Crippen molar-refractivity contribution >= 4 is 21.9 Å². The molecule has 0 unspecified atom stereocenters. The van der Waals surface area contributed by atoms with E-state index in [0.717, 1.165) is 38.8 Å². The quantitative estimate of drug-likeness (QED) is 0.196. The fraction of sp³-hybridized carbons (Fsp3) is 0.146. The Morgan fingerprint density at radius 2 is 1.14 bits per heavy atom. The van der Waals surface area contributed by atoms with Crippen LogP contribution >= 0.6 is 0 Å². The number of furan rings is 1. The third kappa shape index (κ3) is 4.83. The van der Waals surface area contributed by atoms with Gasteiger partial charge in [0.15, 0.2) is 6.20 Å². The Morgan fingerprint density at radius 1 is 0.581 bits per heavy atom. The summed E-state index contributed by atoms with van der Waals surface area (Å²) in [6.45, 7) is 9.06. The van der Waals surface area contributed by atoms with Crippen LogP contribution in [0.1, 0.15) is 31.9 Å². The maximum Gasteiger partial charge on any atom is 0.216 e. The standard InChI is InChI=1S/C41H36NO/c1-27-16-22-34-33-23-21-32(29-14-10-7-11-15-29)24-38(33)43-40(34)39(27)37-25-35(36(26-42(37)5)41(2,3)4)31-19-17-30(18-20-31)28-12-8-6-9-13-28/h6-26H,1-5H3/q+1. The molecule has 2 nitrogen and oxygen atoms in total. The first-order chi connectivity index (χ1) is 20.8. The van der Waals surface area contributed by atoms with Gasteiger partial charge in [0.2, 0.25) is 5.69 Å². The number of nitrogens with zero attached hydrogens (tertiary/aromatic N) is 1. The molecule has 0 bridgehead atoms. The van der Waals surface area contributed by atoms with Crippen LogP contribution in [0.3, 0.4) is 0 Å². The molecule has 0 saturated carbocycles. The van der Waals surface area contributed by atoms with Gasteiger partial charge in [-0.3, -0.25) is 0 Å². The van der Waals surface area contributed by atoms with Gasteiger partial charge in [0, 0.05) is 22.4 Å². The summed E-state index contributed by atoms with van der Waals surface area (Å²) in [7, 11) is 2.15. The number of aromatic nitrogens is 1. The van der Waals surface area contributed by atoms with Crippen molar-refractivity contribution in [3.8, 4) is 44.6 Å². The van der Waals surface area contributed by atoms with Crippen LogP contribution in [0.4, 0.5) is 0 Å². The Bertz CT molecular complexity index is 2090. The highest BCUT2D eigenvalue weighted by Gasteiger charge is 2.28. The maximum absolute atomic E-state index is 6.73. The molecule has 2 aromatic heterocycles. The normalized spacial score (nSPS) is 11.8. The van der Waals surface area contributed by atoms with Crippen molar-refractivity contribution in [1.82, 2.24) is 0 Å². The van der Waals surface area contributed by atoms with Crippen molar-refractivity contribution in [2.24, 2.45) is 7.05 Å². The van der Waals surface area contributed by atoms with E-state index in [-0.39, 0.29) is 5.41 Å². The van der Waals surface area contributed by atoms with Gasteiger partial charge in [0.1, 0.15) is 18.2 Å². The first-order valence-electron chi connectivity index (χ1n) is 15.0. The van der Waals surface area contributed by atoms with Gasteiger partial charge < -0.3 is 4.42 Å². The zero-order valence-corrected chi connectivity index (χ0v) is 25.5. The first-order valence-corrected chi connectivity index (χ1v) is 15.0. The minimum Gasteiger partial charge on any atom is -0.455 e. The van der Waals surface area contributed by atoms with Gasteiger partial charge in [0.05, 0.1) is 5.56 Å². The third-order valence-corrected chi connectivity index (χ3v) is 8.60. The lowest BCUT2D eigenvalue weighted by atomic mass is 9.82. The second kappa shape index (κ2) is 10.4. The van der Waals surface area contributed by atoms with Crippen LogP contribution < -0.4 is 4.57 Å². The molecule has 0 spiro atoms. The molecule has 0 atom stereocenters. The molecule has 2 heterocycles. The summed E-state index contributed by atoms with van der Waals surface area (Å²) in [6, 6.07) is 43.4. The smallest absolute Gasteiger partial charge is 0.216 e. The van der Waals surface area contributed by atoms with Gasteiger partial charge in [0.25, 0.3) is 0 Å². The maximum atomic E-state index is 6.73. The molecule has 0 fully saturated rings. The van der Waals surface area contributed by atoms with Crippen molar-refractivity contribution in [2.75, 3.05) is 0 Å². The van der Waals surface area contributed by atoms with Crippen molar-refractivity contribution in [3.05, 3.63) is 139 Å². The number of benzene rings is 5. The van der Waals surface area contributed by atoms with Crippen molar-refractivity contribution in [2.45, 2.75) is 33.1 Å². The molecule has 0 aliphatic rings. The van der Waals surface area contributed by atoms with Crippen molar-refractivity contribution in [3.63, 3.8) is 0 Å². The Labute approximate surface area is 253 Å². The lowest BCUT2D eigenvalue weighted by molar-refractivity contribution is -0.660. The molecule has 2 heteroatoms. The molecule has 0 amide bonds. The Balaban J connectivity index is 1.41. The van der Waals surface area contributed by atoms with Crippen LogP contribution in [0.25, 0.3) is 66.6 Å². The summed E-state index contributed by atoms with van der Waals surface area (Å²) in [5.41, 5.74) is 13.9. The van der Waals surface area contributed by atoms with Gasteiger partial charge in [-0.15, -0.1) is 0 Å². The largest absolute Gasteiger partial charge is 0.455 e. The molecule has 0 radical (unpaired) electrons. The highest BCUT2D eigenvalue weighted by atomic mass is 16.3. The number of rotatable bonds is 4. The summed E-state index contributed by atoms with van der Waals surface area (Å²) >= 11 is 0. The zero-order chi connectivity index (χ0) is 29.7. The lowest BCUT2D eigenvalue weighted by Gasteiger charge is -2.22. The van der Waals surface area contributed by atoms with E-state index in [4.69, 9.17) is 4.42 Å². The average Bonchev–Trinajstić information content (AvgIpc) is 3.39. The van der Waals surface area contributed by atoms with Crippen molar-refractivity contribution in [1.29, 1.82) is 0 Å². The number of fused-ring (bicyclic) bond motifs is 3. The fourth-order valence-electron chi connectivity index (χ4n) is 6.27. The molecule has 7 aromatic rings. The summed E-state index contributed by atoms with van der Waals surface area (Å²) in [5.74, 6) is 0. The van der Waals surface area contributed by atoms with Gasteiger partial charge in [-0.2, -0.15) is 0 Å². The molecule has 5 aromatic carbocycles. The van der Waals surface area contributed by atoms with E-state index >= 15 is 0 Å². The summed E-state index contributed by atoms with van der Waals surface area (Å²) < 4.78 is 9.00. The van der Waals surface area contributed by atoms with Gasteiger partial charge >= 0.3 is 0 Å². The van der Waals surface area contributed by atoms with Gasteiger partial charge in [-0.1, -0.05) is 124 Å². The predicted octanol–water partition coefficient (Wildman–Crippen LogP) is 10.7. The molecule has 43 heavy (non-hydrogen) atoms. The Morgan fingerprint density at radius 3 is 1.79 bits per heavy atom. The van der Waals surface area contributed by atoms with Crippen LogP contribution in [0.2, 0.25) is 0 Å². The van der Waals surface area contributed by atoms with Gasteiger partial charge in [-0.25, -0.2) is 4.57 Å². The summed E-state index contributed by atoms with van der Waals surface area (Å²) in [6.07, 6.45) is 2.31. The monoisotopic (exact) mass is 558 g/mol. The van der Waals surface area contributed by atoms with E-state index in [1.807, 2.05) is 0 Å². The molecule has 0 aliphatic heterocycles. The lowest BCUT2D eigenvalue weighted by Crippen LogP contribution is -2.34. The van der Waals surface area contributed by atoms with Crippen LogP contribution in [0.5, 0.6) is 0 Å². The average molecular weight is 559 g/mol. The second-order valence-electron chi connectivity index (χ2n) is 12.6. The van der Waals surface area contributed by atoms with E-state index in [1.54, 1.807) is 0 Å². The van der Waals surface area contributed by atoms with Crippen molar-refractivity contribution < 1.29 is 8.98 Å².